The molecule has 0 radical (unpaired) electrons. The Morgan fingerprint density at radius 1 is 1.60 bits per heavy atom. The Morgan fingerprint density at radius 3 is 3.00 bits per heavy atom. The van der Waals surface area contributed by atoms with Crippen molar-refractivity contribution in [1.29, 1.82) is 0 Å². The van der Waals surface area contributed by atoms with E-state index in [0.29, 0.717) is 19.8 Å². The highest BCUT2D eigenvalue weighted by molar-refractivity contribution is 5.41. The van der Waals surface area contributed by atoms with Gasteiger partial charge in [-0.25, -0.2) is 9.37 Å². The summed E-state index contributed by atoms with van der Waals surface area (Å²) in [7, 11) is 1.73. The zero-order chi connectivity index (χ0) is 11.3. The average molecular weight is 214 g/mol. The molecule has 0 aliphatic carbocycles. The number of aromatic nitrogens is 2. The molecule has 1 aromatic heterocycles. The monoisotopic (exact) mass is 214 g/mol. The number of nitrogen functional groups attached to an aromatic ring is 1. The summed E-state index contributed by atoms with van der Waals surface area (Å²) in [6, 6.07) is 0. The van der Waals surface area contributed by atoms with Gasteiger partial charge in [0.1, 0.15) is 0 Å². The highest BCUT2D eigenvalue weighted by Gasteiger charge is 2.09. The van der Waals surface area contributed by atoms with Crippen molar-refractivity contribution in [2.24, 2.45) is 0 Å². The van der Waals surface area contributed by atoms with Crippen LogP contribution in [0.25, 0.3) is 0 Å². The Labute approximate surface area is 88.1 Å². The minimum absolute atomic E-state index is 0.0645. The number of anilines is 2. The van der Waals surface area contributed by atoms with Gasteiger partial charge in [0, 0.05) is 20.2 Å². The zero-order valence-electron chi connectivity index (χ0n) is 8.90. The quantitative estimate of drug-likeness (QED) is 0.730. The summed E-state index contributed by atoms with van der Waals surface area (Å²) in [5, 5.41) is 0. The van der Waals surface area contributed by atoms with Crippen LogP contribution in [0.3, 0.4) is 0 Å². The largest absolute Gasteiger partial charge is 0.380 e. The Bertz CT molecular complexity index is 321. The Morgan fingerprint density at radius 2 is 2.33 bits per heavy atom. The van der Waals surface area contributed by atoms with Crippen molar-refractivity contribution in [1.82, 2.24) is 9.97 Å². The minimum Gasteiger partial charge on any atom is -0.380 e. The molecule has 0 fully saturated rings. The molecule has 0 amide bonds. The van der Waals surface area contributed by atoms with E-state index < -0.39 is 5.82 Å². The van der Waals surface area contributed by atoms with E-state index in [1.807, 2.05) is 6.92 Å². The van der Waals surface area contributed by atoms with E-state index in [4.69, 9.17) is 10.5 Å². The van der Waals surface area contributed by atoms with Crippen molar-refractivity contribution >= 4 is 11.8 Å². The number of halogens is 1. The summed E-state index contributed by atoms with van der Waals surface area (Å²) in [5.74, 6) is -0.222. The molecule has 2 N–H and O–H groups in total. The molecular formula is C9H15FN4O. The van der Waals surface area contributed by atoms with Gasteiger partial charge in [0.2, 0.25) is 5.95 Å². The number of nitrogens with zero attached hydrogens (tertiary/aromatic N) is 3. The van der Waals surface area contributed by atoms with Crippen LogP contribution in [0.4, 0.5) is 16.2 Å². The van der Waals surface area contributed by atoms with Crippen LogP contribution in [-0.4, -0.2) is 36.8 Å². The normalized spacial score (nSPS) is 10.3. The van der Waals surface area contributed by atoms with Gasteiger partial charge in [-0.2, -0.15) is 4.98 Å². The smallest absolute Gasteiger partial charge is 0.222 e. The minimum atomic E-state index is -0.483. The molecule has 15 heavy (non-hydrogen) atoms. The molecule has 5 nitrogen and oxygen atoms in total. The van der Waals surface area contributed by atoms with Crippen molar-refractivity contribution in [3.8, 4) is 0 Å². The molecule has 0 bridgehead atoms. The van der Waals surface area contributed by atoms with Crippen molar-refractivity contribution in [3.05, 3.63) is 12.0 Å². The Balaban J connectivity index is 2.64. The van der Waals surface area contributed by atoms with Crippen LogP contribution in [0.1, 0.15) is 6.92 Å². The Kier molecular flexibility index (Phi) is 4.23. The highest BCUT2D eigenvalue weighted by atomic mass is 19.1. The van der Waals surface area contributed by atoms with Crippen LogP contribution in [0.15, 0.2) is 6.20 Å². The lowest BCUT2D eigenvalue weighted by Crippen LogP contribution is -2.25. The fourth-order valence-corrected chi connectivity index (χ4v) is 1.09. The third kappa shape index (κ3) is 3.32. The summed E-state index contributed by atoms with van der Waals surface area (Å²) in [6.07, 6.45) is 1.06. The second kappa shape index (κ2) is 5.45. The van der Waals surface area contributed by atoms with E-state index in [2.05, 4.69) is 9.97 Å². The van der Waals surface area contributed by atoms with E-state index in [1.165, 1.54) is 0 Å². The lowest BCUT2D eigenvalue weighted by Gasteiger charge is -2.18. The van der Waals surface area contributed by atoms with E-state index in [1.54, 1.807) is 11.9 Å². The molecule has 84 valence electrons. The highest BCUT2D eigenvalue weighted by Crippen LogP contribution is 2.13. The summed E-state index contributed by atoms with van der Waals surface area (Å²) < 4.78 is 18.4. The molecule has 1 heterocycles. The second-order valence-electron chi connectivity index (χ2n) is 3.02. The van der Waals surface area contributed by atoms with Crippen molar-refractivity contribution in [2.45, 2.75) is 6.92 Å². The molecule has 0 spiro atoms. The van der Waals surface area contributed by atoms with Crippen LogP contribution in [-0.2, 0) is 4.74 Å². The maximum Gasteiger partial charge on any atom is 0.222 e. The first-order chi connectivity index (χ1) is 7.15. The summed E-state index contributed by atoms with van der Waals surface area (Å²) in [6.45, 7) is 3.63. The van der Waals surface area contributed by atoms with Gasteiger partial charge in [0.05, 0.1) is 12.8 Å². The number of nitrogens with two attached hydrogens (primary N) is 1. The van der Waals surface area contributed by atoms with E-state index in [-0.39, 0.29) is 11.8 Å². The van der Waals surface area contributed by atoms with Gasteiger partial charge in [-0.05, 0) is 6.92 Å². The van der Waals surface area contributed by atoms with Gasteiger partial charge >= 0.3 is 0 Å². The van der Waals surface area contributed by atoms with E-state index in [0.717, 1.165) is 6.20 Å². The summed E-state index contributed by atoms with van der Waals surface area (Å²) >= 11 is 0. The van der Waals surface area contributed by atoms with Crippen LogP contribution < -0.4 is 10.6 Å². The Hall–Kier alpha value is -1.43. The maximum atomic E-state index is 13.3. The van der Waals surface area contributed by atoms with Gasteiger partial charge < -0.3 is 15.4 Å². The molecule has 0 aliphatic heterocycles. The average Bonchev–Trinajstić information content (AvgIpc) is 2.22. The third-order valence-corrected chi connectivity index (χ3v) is 1.88. The third-order valence-electron chi connectivity index (χ3n) is 1.88. The van der Waals surface area contributed by atoms with Crippen molar-refractivity contribution in [2.75, 3.05) is 37.4 Å². The molecule has 0 saturated heterocycles. The molecule has 6 heteroatoms. The molecule has 0 aliphatic rings. The van der Waals surface area contributed by atoms with Gasteiger partial charge in [-0.15, -0.1) is 0 Å². The molecule has 0 aromatic carbocycles. The predicted molar refractivity (Wildman–Crippen MR) is 56.2 cm³/mol. The first kappa shape index (κ1) is 11.6. The molecular weight excluding hydrogens is 199 g/mol. The standard InChI is InChI=1S/C9H15FN4O/c1-3-15-5-4-14(2)8-7(10)6-12-9(11)13-8/h6H,3-5H2,1-2H3,(H2,11,12,13). The number of hydrogen-bond donors (Lipinski definition) is 1. The van der Waals surface area contributed by atoms with Gasteiger partial charge in [-0.1, -0.05) is 0 Å². The SMILES string of the molecule is CCOCCN(C)c1nc(N)ncc1F. The fraction of sp³-hybridized carbons (Fsp3) is 0.556. The molecule has 0 atom stereocenters. The van der Waals surface area contributed by atoms with Gasteiger partial charge in [-0.3, -0.25) is 0 Å². The fourth-order valence-electron chi connectivity index (χ4n) is 1.09. The topological polar surface area (TPSA) is 64.3 Å². The number of rotatable bonds is 5. The van der Waals surface area contributed by atoms with Crippen LogP contribution >= 0.6 is 0 Å². The first-order valence-corrected chi connectivity index (χ1v) is 4.72. The molecule has 1 rings (SSSR count). The van der Waals surface area contributed by atoms with Crippen LogP contribution in [0, 0.1) is 5.82 Å². The van der Waals surface area contributed by atoms with Gasteiger partial charge in [0.25, 0.3) is 0 Å². The second-order valence-corrected chi connectivity index (χ2v) is 3.02. The van der Waals surface area contributed by atoms with Gasteiger partial charge in [0.15, 0.2) is 11.6 Å². The molecule has 1 aromatic rings. The zero-order valence-corrected chi connectivity index (χ0v) is 8.90. The number of ether oxygens (including phenoxy) is 1. The lowest BCUT2D eigenvalue weighted by molar-refractivity contribution is 0.154. The van der Waals surface area contributed by atoms with E-state index in [9.17, 15) is 4.39 Å². The summed E-state index contributed by atoms with van der Waals surface area (Å²) in [5.41, 5.74) is 5.37. The summed E-state index contributed by atoms with van der Waals surface area (Å²) in [4.78, 5) is 9.01. The van der Waals surface area contributed by atoms with Crippen LogP contribution in [0.5, 0.6) is 0 Å². The molecule has 0 unspecified atom stereocenters. The maximum absolute atomic E-state index is 13.3. The van der Waals surface area contributed by atoms with Crippen molar-refractivity contribution in [3.63, 3.8) is 0 Å². The molecule has 0 saturated carbocycles. The number of likely N-dealkylation sites (N-methyl/N-ethyl adjacent to an activating group) is 1. The first-order valence-electron chi connectivity index (χ1n) is 4.72. The van der Waals surface area contributed by atoms with Crippen LogP contribution in [0.2, 0.25) is 0 Å². The lowest BCUT2D eigenvalue weighted by atomic mass is 10.4. The number of hydrogen-bond acceptors (Lipinski definition) is 5. The van der Waals surface area contributed by atoms with E-state index >= 15 is 0 Å². The van der Waals surface area contributed by atoms with Crippen molar-refractivity contribution < 1.29 is 9.13 Å². The predicted octanol–water partition coefficient (Wildman–Crippen LogP) is 0.671.